The Labute approximate surface area is 118 Å². The molecule has 0 aliphatic rings. The molecule has 108 valence electrons. The largest absolute Gasteiger partial charge is 0.489 e. The van der Waals surface area contributed by atoms with E-state index in [0.717, 1.165) is 0 Å². The predicted molar refractivity (Wildman–Crippen MR) is 73.7 cm³/mol. The van der Waals surface area contributed by atoms with Gasteiger partial charge in [-0.15, -0.1) is 0 Å². The fraction of sp³-hybridized carbons (Fsp3) is 0.538. The first-order valence-electron chi connectivity index (χ1n) is 6.06. The number of nitrogens with one attached hydrogen (secondary N) is 1. The van der Waals surface area contributed by atoms with E-state index in [1.165, 1.54) is 7.11 Å². The summed E-state index contributed by atoms with van der Waals surface area (Å²) in [4.78, 5) is 0. The highest BCUT2D eigenvalue weighted by atomic mass is 35.5. The molecule has 5 nitrogen and oxygen atoms in total. The second-order valence-electron chi connectivity index (χ2n) is 4.16. The van der Waals surface area contributed by atoms with Crippen molar-refractivity contribution in [1.82, 2.24) is 5.32 Å². The number of hydrogen-bond donors (Lipinski definition) is 3. The van der Waals surface area contributed by atoms with E-state index in [9.17, 15) is 10.2 Å². The zero-order valence-electron chi connectivity index (χ0n) is 10.9. The maximum atomic E-state index is 9.70. The summed E-state index contributed by atoms with van der Waals surface area (Å²) in [6.07, 6.45) is -1.26. The number of benzene rings is 1. The Kier molecular flexibility index (Phi) is 7.78. The van der Waals surface area contributed by atoms with Crippen LogP contribution in [0.25, 0.3) is 0 Å². The lowest BCUT2D eigenvalue weighted by Crippen LogP contribution is -2.37. The molecule has 2 atom stereocenters. The van der Waals surface area contributed by atoms with E-state index in [4.69, 9.17) is 21.1 Å². The van der Waals surface area contributed by atoms with Crippen molar-refractivity contribution in [3.05, 3.63) is 29.3 Å². The molecule has 3 N–H and O–H groups in total. The third-order valence-electron chi connectivity index (χ3n) is 2.39. The third kappa shape index (κ3) is 6.75. The molecule has 1 rings (SSSR count). The molecule has 0 aliphatic carbocycles. The number of rotatable bonds is 9. The molecule has 6 heteroatoms. The monoisotopic (exact) mass is 289 g/mol. The Bertz CT molecular complexity index is 364. The summed E-state index contributed by atoms with van der Waals surface area (Å²) in [6.45, 7) is 1.08. The molecule has 0 heterocycles. The Morgan fingerprint density at radius 1 is 1.16 bits per heavy atom. The van der Waals surface area contributed by atoms with E-state index in [0.29, 0.717) is 23.9 Å². The Balaban J connectivity index is 2.18. The molecule has 0 aliphatic heterocycles. The minimum atomic E-state index is -0.675. The maximum Gasteiger partial charge on any atom is 0.138 e. The molecule has 19 heavy (non-hydrogen) atoms. The SMILES string of the molecule is COCC(O)CNCC(O)COc1ccccc1Cl. The van der Waals surface area contributed by atoms with Gasteiger partial charge < -0.3 is 25.0 Å². The molecule has 0 radical (unpaired) electrons. The molecular formula is C13H20ClNO4. The zero-order chi connectivity index (χ0) is 14.1. The van der Waals surface area contributed by atoms with Crippen molar-refractivity contribution in [2.24, 2.45) is 0 Å². The highest BCUT2D eigenvalue weighted by Gasteiger charge is 2.08. The van der Waals surface area contributed by atoms with E-state index < -0.39 is 12.2 Å². The van der Waals surface area contributed by atoms with Crippen LogP contribution in [0.4, 0.5) is 0 Å². The van der Waals surface area contributed by atoms with Gasteiger partial charge in [-0.1, -0.05) is 23.7 Å². The lowest BCUT2D eigenvalue weighted by molar-refractivity contribution is 0.0582. The van der Waals surface area contributed by atoms with Gasteiger partial charge >= 0.3 is 0 Å². The van der Waals surface area contributed by atoms with E-state index in [-0.39, 0.29) is 13.2 Å². The minimum Gasteiger partial charge on any atom is -0.489 e. The first kappa shape index (κ1) is 16.2. The number of aliphatic hydroxyl groups excluding tert-OH is 2. The fourth-order valence-corrected chi connectivity index (χ4v) is 1.66. The van der Waals surface area contributed by atoms with Crippen LogP contribution in [0.15, 0.2) is 24.3 Å². The number of para-hydroxylation sites is 1. The smallest absolute Gasteiger partial charge is 0.138 e. The van der Waals surface area contributed by atoms with Gasteiger partial charge in [-0.05, 0) is 12.1 Å². The number of aliphatic hydroxyl groups is 2. The van der Waals surface area contributed by atoms with E-state index in [2.05, 4.69) is 5.32 Å². The number of ether oxygens (including phenoxy) is 2. The molecule has 0 spiro atoms. The summed E-state index contributed by atoms with van der Waals surface area (Å²) >= 11 is 5.92. The van der Waals surface area contributed by atoms with Crippen LogP contribution in [-0.4, -0.2) is 55.8 Å². The van der Waals surface area contributed by atoms with Crippen LogP contribution in [0.5, 0.6) is 5.75 Å². The fourth-order valence-electron chi connectivity index (χ4n) is 1.47. The zero-order valence-corrected chi connectivity index (χ0v) is 11.6. The maximum absolute atomic E-state index is 9.70. The van der Waals surface area contributed by atoms with Gasteiger partial charge in [0, 0.05) is 20.2 Å². The average Bonchev–Trinajstić information content (AvgIpc) is 2.38. The van der Waals surface area contributed by atoms with Gasteiger partial charge in [0.15, 0.2) is 0 Å². The molecule has 1 aromatic rings. The standard InChI is InChI=1S/C13H20ClNO4/c1-18-8-10(16)6-15-7-11(17)9-19-13-5-3-2-4-12(13)14/h2-5,10-11,15-17H,6-9H2,1H3. The molecule has 0 bridgehead atoms. The Morgan fingerprint density at radius 3 is 2.42 bits per heavy atom. The van der Waals surface area contributed by atoms with Crippen LogP contribution in [0.2, 0.25) is 5.02 Å². The number of halogens is 1. The minimum absolute atomic E-state index is 0.136. The summed E-state index contributed by atoms with van der Waals surface area (Å²) in [7, 11) is 1.52. The van der Waals surface area contributed by atoms with E-state index in [1.807, 2.05) is 12.1 Å². The molecule has 0 saturated heterocycles. The lowest BCUT2D eigenvalue weighted by atomic mass is 10.3. The summed E-state index contributed by atoms with van der Waals surface area (Å²) in [5.41, 5.74) is 0. The first-order valence-corrected chi connectivity index (χ1v) is 6.44. The summed E-state index contributed by atoms with van der Waals surface area (Å²) in [5, 5.41) is 22.5. The van der Waals surface area contributed by atoms with Gasteiger partial charge in [0.05, 0.1) is 17.7 Å². The van der Waals surface area contributed by atoms with Crippen LogP contribution in [0, 0.1) is 0 Å². The third-order valence-corrected chi connectivity index (χ3v) is 2.70. The van der Waals surface area contributed by atoms with Crippen LogP contribution in [0.3, 0.4) is 0 Å². The molecule has 0 fully saturated rings. The van der Waals surface area contributed by atoms with Crippen LogP contribution < -0.4 is 10.1 Å². The normalized spacial score (nSPS) is 14.1. The van der Waals surface area contributed by atoms with Crippen molar-refractivity contribution >= 4 is 11.6 Å². The highest BCUT2D eigenvalue weighted by molar-refractivity contribution is 6.32. The van der Waals surface area contributed by atoms with Crippen molar-refractivity contribution in [2.75, 3.05) is 33.4 Å². The van der Waals surface area contributed by atoms with Gasteiger partial charge in [0.1, 0.15) is 18.5 Å². The van der Waals surface area contributed by atoms with Crippen molar-refractivity contribution in [3.63, 3.8) is 0 Å². The van der Waals surface area contributed by atoms with Gasteiger partial charge in [-0.2, -0.15) is 0 Å². The van der Waals surface area contributed by atoms with Crippen molar-refractivity contribution in [3.8, 4) is 5.75 Å². The second-order valence-corrected chi connectivity index (χ2v) is 4.57. The van der Waals surface area contributed by atoms with Gasteiger partial charge in [-0.3, -0.25) is 0 Å². The summed E-state index contributed by atoms with van der Waals surface area (Å²) < 4.78 is 10.2. The van der Waals surface area contributed by atoms with Crippen molar-refractivity contribution in [1.29, 1.82) is 0 Å². The van der Waals surface area contributed by atoms with Crippen LogP contribution in [0.1, 0.15) is 0 Å². The van der Waals surface area contributed by atoms with Gasteiger partial charge in [0.2, 0.25) is 0 Å². The van der Waals surface area contributed by atoms with Gasteiger partial charge in [-0.25, -0.2) is 0 Å². The first-order chi connectivity index (χ1) is 9.13. The summed E-state index contributed by atoms with van der Waals surface area (Å²) in [6, 6.07) is 7.09. The average molecular weight is 290 g/mol. The van der Waals surface area contributed by atoms with E-state index >= 15 is 0 Å². The van der Waals surface area contributed by atoms with Crippen LogP contribution >= 0.6 is 11.6 Å². The summed E-state index contributed by atoms with van der Waals surface area (Å²) in [5.74, 6) is 0.544. The molecule has 0 aromatic heterocycles. The molecule has 2 unspecified atom stereocenters. The highest BCUT2D eigenvalue weighted by Crippen LogP contribution is 2.22. The van der Waals surface area contributed by atoms with E-state index in [1.54, 1.807) is 12.1 Å². The number of hydrogen-bond acceptors (Lipinski definition) is 5. The Hall–Kier alpha value is -0.850. The Morgan fingerprint density at radius 2 is 1.79 bits per heavy atom. The molecule has 0 saturated carbocycles. The second kappa shape index (κ2) is 9.12. The molecular weight excluding hydrogens is 270 g/mol. The van der Waals surface area contributed by atoms with Crippen molar-refractivity contribution < 1.29 is 19.7 Å². The number of methoxy groups -OCH3 is 1. The van der Waals surface area contributed by atoms with Crippen LogP contribution in [-0.2, 0) is 4.74 Å². The molecule has 1 aromatic carbocycles. The quantitative estimate of drug-likeness (QED) is 0.623. The molecule has 0 amide bonds. The topological polar surface area (TPSA) is 71.0 Å². The van der Waals surface area contributed by atoms with Gasteiger partial charge in [0.25, 0.3) is 0 Å². The lowest BCUT2D eigenvalue weighted by Gasteiger charge is -2.15. The predicted octanol–water partition coefficient (Wildman–Crippen LogP) is 0.677. The van der Waals surface area contributed by atoms with Crippen molar-refractivity contribution in [2.45, 2.75) is 12.2 Å².